The van der Waals surface area contributed by atoms with E-state index in [0.717, 1.165) is 25.9 Å². The fraction of sp³-hybridized carbons (Fsp3) is 0.500. The molecule has 5 nitrogen and oxygen atoms in total. The largest absolute Gasteiger partial charge is 0.484 e. The van der Waals surface area contributed by atoms with E-state index in [2.05, 4.69) is 5.32 Å². The molecule has 0 aliphatic rings. The third-order valence-corrected chi connectivity index (χ3v) is 2.58. The lowest BCUT2D eigenvalue weighted by Crippen LogP contribution is -2.29. The first-order valence-corrected chi connectivity index (χ1v) is 6.46. The normalized spacial score (nSPS) is 10.2. The number of carbonyl (C=O) groups excluding carboxylic acids is 1. The van der Waals surface area contributed by atoms with Gasteiger partial charge in [-0.25, -0.2) is 0 Å². The quantitative estimate of drug-likeness (QED) is 0.526. The molecule has 106 valence electrons. The topological polar surface area (TPSA) is 73.6 Å². The van der Waals surface area contributed by atoms with Crippen LogP contribution in [0, 0.1) is 0 Å². The maximum atomic E-state index is 11.5. The van der Waals surface area contributed by atoms with Crippen molar-refractivity contribution in [3.05, 3.63) is 24.3 Å². The molecule has 3 N–H and O–H groups in total. The summed E-state index contributed by atoms with van der Waals surface area (Å²) in [6.07, 6.45) is 3.02. The van der Waals surface area contributed by atoms with Crippen molar-refractivity contribution in [1.29, 1.82) is 0 Å². The summed E-state index contributed by atoms with van der Waals surface area (Å²) in [5.74, 6) is 0.490. The van der Waals surface area contributed by atoms with Crippen molar-refractivity contribution in [2.75, 3.05) is 32.6 Å². The Kier molecular flexibility index (Phi) is 7.43. The molecule has 0 saturated carbocycles. The lowest BCUT2D eigenvalue weighted by molar-refractivity contribution is -0.123. The Balaban J connectivity index is 2.08. The number of nitrogen functional groups attached to an aromatic ring is 1. The maximum absolute atomic E-state index is 11.5. The first-order valence-electron chi connectivity index (χ1n) is 6.46. The van der Waals surface area contributed by atoms with Gasteiger partial charge in [-0.3, -0.25) is 4.79 Å². The molecule has 0 bridgehead atoms. The minimum atomic E-state index is -0.117. The number of nitrogens with one attached hydrogen (secondary N) is 1. The zero-order chi connectivity index (χ0) is 13.9. The molecule has 0 aliphatic carbocycles. The number of hydrogen-bond acceptors (Lipinski definition) is 4. The first kappa shape index (κ1) is 15.3. The fourth-order valence-corrected chi connectivity index (χ4v) is 1.58. The van der Waals surface area contributed by atoms with Crippen molar-refractivity contribution in [3.8, 4) is 5.75 Å². The molecule has 0 aliphatic heterocycles. The monoisotopic (exact) mass is 266 g/mol. The molecule has 0 atom stereocenters. The molecule has 19 heavy (non-hydrogen) atoms. The Labute approximate surface area is 114 Å². The van der Waals surface area contributed by atoms with E-state index in [-0.39, 0.29) is 12.5 Å². The Bertz CT molecular complexity index is 383. The summed E-state index contributed by atoms with van der Waals surface area (Å²) in [6.45, 7) is 1.46. The highest BCUT2D eigenvalue weighted by Crippen LogP contribution is 2.13. The molecule has 0 radical (unpaired) electrons. The Hall–Kier alpha value is -1.75. The molecule has 0 aromatic heterocycles. The van der Waals surface area contributed by atoms with Crippen LogP contribution in [0.2, 0.25) is 0 Å². The number of benzene rings is 1. The molecule has 0 unspecified atom stereocenters. The smallest absolute Gasteiger partial charge is 0.257 e. The number of methoxy groups -OCH3 is 1. The fourth-order valence-electron chi connectivity index (χ4n) is 1.58. The number of nitrogens with two attached hydrogens (primary N) is 1. The summed E-state index contributed by atoms with van der Waals surface area (Å²) in [5.41, 5.74) is 6.23. The van der Waals surface area contributed by atoms with E-state index in [0.29, 0.717) is 18.0 Å². The minimum absolute atomic E-state index is 0.0154. The van der Waals surface area contributed by atoms with Crippen LogP contribution in [-0.2, 0) is 9.53 Å². The minimum Gasteiger partial charge on any atom is -0.484 e. The summed E-state index contributed by atoms with van der Waals surface area (Å²) >= 11 is 0. The van der Waals surface area contributed by atoms with Gasteiger partial charge in [-0.15, -0.1) is 0 Å². The SMILES string of the molecule is COCCCCCNC(=O)COc1cccc(N)c1. The molecule has 0 spiro atoms. The number of hydrogen-bond donors (Lipinski definition) is 2. The standard InChI is InChI=1S/C14H22N2O3/c1-18-9-4-2-3-8-16-14(17)11-19-13-7-5-6-12(15)10-13/h5-7,10H,2-4,8-9,11,15H2,1H3,(H,16,17). The van der Waals surface area contributed by atoms with Crippen molar-refractivity contribution in [3.63, 3.8) is 0 Å². The lowest BCUT2D eigenvalue weighted by atomic mass is 10.2. The van der Waals surface area contributed by atoms with E-state index in [1.54, 1.807) is 31.4 Å². The third-order valence-electron chi connectivity index (χ3n) is 2.58. The average Bonchev–Trinajstić information content (AvgIpc) is 2.40. The second-order valence-corrected chi connectivity index (χ2v) is 4.26. The van der Waals surface area contributed by atoms with Gasteiger partial charge in [0, 0.05) is 32.0 Å². The van der Waals surface area contributed by atoms with Gasteiger partial charge in [-0.2, -0.15) is 0 Å². The highest BCUT2D eigenvalue weighted by molar-refractivity contribution is 5.77. The highest BCUT2D eigenvalue weighted by Gasteiger charge is 2.02. The summed E-state index contributed by atoms with van der Waals surface area (Å²) in [4.78, 5) is 11.5. The molecule has 0 heterocycles. The summed E-state index contributed by atoms with van der Waals surface area (Å²) in [6, 6.07) is 7.03. The third kappa shape index (κ3) is 7.31. The van der Waals surface area contributed by atoms with Crippen LogP contribution in [0.3, 0.4) is 0 Å². The molecular formula is C14H22N2O3. The van der Waals surface area contributed by atoms with Crippen LogP contribution in [0.25, 0.3) is 0 Å². The van der Waals surface area contributed by atoms with Crippen LogP contribution in [0.5, 0.6) is 5.75 Å². The number of rotatable bonds is 9. The Morgan fingerprint density at radius 3 is 2.89 bits per heavy atom. The summed E-state index contributed by atoms with van der Waals surface area (Å²) in [7, 11) is 1.69. The van der Waals surface area contributed by atoms with Gasteiger partial charge >= 0.3 is 0 Å². The number of amides is 1. The van der Waals surface area contributed by atoms with Gasteiger partial charge in [0.1, 0.15) is 5.75 Å². The van der Waals surface area contributed by atoms with Crippen LogP contribution in [0.4, 0.5) is 5.69 Å². The van der Waals surface area contributed by atoms with Crippen molar-refractivity contribution in [2.24, 2.45) is 0 Å². The average molecular weight is 266 g/mol. The molecule has 0 fully saturated rings. The van der Waals surface area contributed by atoms with Crippen LogP contribution in [0.1, 0.15) is 19.3 Å². The number of anilines is 1. The van der Waals surface area contributed by atoms with Gasteiger partial charge in [0.15, 0.2) is 6.61 Å². The predicted molar refractivity (Wildman–Crippen MR) is 75.1 cm³/mol. The van der Waals surface area contributed by atoms with E-state index in [1.165, 1.54) is 0 Å². The van der Waals surface area contributed by atoms with Gasteiger partial charge in [-0.1, -0.05) is 6.07 Å². The second-order valence-electron chi connectivity index (χ2n) is 4.26. The van der Waals surface area contributed by atoms with Crippen LogP contribution >= 0.6 is 0 Å². The van der Waals surface area contributed by atoms with E-state index < -0.39 is 0 Å². The Morgan fingerprint density at radius 1 is 1.32 bits per heavy atom. The number of unbranched alkanes of at least 4 members (excludes halogenated alkanes) is 2. The van der Waals surface area contributed by atoms with E-state index in [9.17, 15) is 4.79 Å². The zero-order valence-corrected chi connectivity index (χ0v) is 11.4. The van der Waals surface area contributed by atoms with Crippen LogP contribution in [0.15, 0.2) is 24.3 Å². The predicted octanol–water partition coefficient (Wildman–Crippen LogP) is 1.58. The molecule has 1 amide bonds. The molecule has 0 saturated heterocycles. The maximum Gasteiger partial charge on any atom is 0.257 e. The van der Waals surface area contributed by atoms with E-state index in [4.69, 9.17) is 15.2 Å². The molecule has 1 rings (SSSR count). The molecular weight excluding hydrogens is 244 g/mol. The Morgan fingerprint density at radius 2 is 2.16 bits per heavy atom. The second kappa shape index (κ2) is 9.22. The van der Waals surface area contributed by atoms with Crippen molar-refractivity contribution < 1.29 is 14.3 Å². The van der Waals surface area contributed by atoms with Gasteiger partial charge in [-0.05, 0) is 31.4 Å². The molecule has 5 heteroatoms. The van der Waals surface area contributed by atoms with Crippen LogP contribution < -0.4 is 15.8 Å². The van der Waals surface area contributed by atoms with Crippen molar-refractivity contribution >= 4 is 11.6 Å². The molecule has 1 aromatic rings. The van der Waals surface area contributed by atoms with Gasteiger partial charge in [0.2, 0.25) is 0 Å². The van der Waals surface area contributed by atoms with E-state index >= 15 is 0 Å². The first-order chi connectivity index (χ1) is 9.22. The van der Waals surface area contributed by atoms with Crippen molar-refractivity contribution in [1.82, 2.24) is 5.32 Å². The lowest BCUT2D eigenvalue weighted by Gasteiger charge is -2.07. The highest BCUT2D eigenvalue weighted by atomic mass is 16.5. The zero-order valence-electron chi connectivity index (χ0n) is 11.4. The number of carbonyl (C=O) groups is 1. The van der Waals surface area contributed by atoms with Crippen LogP contribution in [-0.4, -0.2) is 32.8 Å². The van der Waals surface area contributed by atoms with Crippen molar-refractivity contribution in [2.45, 2.75) is 19.3 Å². The van der Waals surface area contributed by atoms with Gasteiger partial charge < -0.3 is 20.5 Å². The number of ether oxygens (including phenoxy) is 2. The summed E-state index contributed by atoms with van der Waals surface area (Å²) < 4.78 is 10.3. The van der Waals surface area contributed by atoms with E-state index in [1.807, 2.05) is 0 Å². The summed E-state index contributed by atoms with van der Waals surface area (Å²) in [5, 5.41) is 2.81. The van der Waals surface area contributed by atoms with Gasteiger partial charge in [0.05, 0.1) is 0 Å². The molecule has 1 aromatic carbocycles. The van der Waals surface area contributed by atoms with Gasteiger partial charge in [0.25, 0.3) is 5.91 Å².